The zero-order valence-electron chi connectivity index (χ0n) is 19.9. The molecule has 0 radical (unpaired) electrons. The molecule has 2 amide bonds. The molecule has 0 bridgehead atoms. The number of thioether (sulfide) groups is 1. The molecule has 0 saturated carbocycles. The number of carbonyl (C=O) groups excluding carboxylic acids is 2. The van der Waals surface area contributed by atoms with Gasteiger partial charge in [0.2, 0.25) is 11.1 Å². The Hall–Kier alpha value is -3.63. The first-order valence-electron chi connectivity index (χ1n) is 11.8. The molecule has 1 saturated heterocycles. The van der Waals surface area contributed by atoms with E-state index in [0.717, 1.165) is 43.4 Å². The normalized spacial score (nSPS) is 18.1. The predicted octanol–water partition coefficient (Wildman–Crippen LogP) is 4.43. The zero-order valence-corrected chi connectivity index (χ0v) is 21.4. The summed E-state index contributed by atoms with van der Waals surface area (Å²) in [5.74, 6) is 0.608. The van der Waals surface area contributed by atoms with Crippen molar-refractivity contribution in [2.45, 2.75) is 19.3 Å². The number of fused-ring (bicyclic) bond motifs is 1. The van der Waals surface area contributed by atoms with Crippen LogP contribution in [0.3, 0.4) is 0 Å². The van der Waals surface area contributed by atoms with Gasteiger partial charge in [0.25, 0.3) is 5.91 Å². The molecule has 9 nitrogen and oxygen atoms in total. The molecule has 0 spiro atoms. The van der Waals surface area contributed by atoms with Crippen molar-refractivity contribution in [2.24, 2.45) is 10.1 Å². The van der Waals surface area contributed by atoms with Gasteiger partial charge in [-0.25, -0.2) is 0 Å². The van der Waals surface area contributed by atoms with Gasteiger partial charge in [0.15, 0.2) is 5.84 Å². The van der Waals surface area contributed by atoms with E-state index in [1.807, 2.05) is 35.2 Å². The molecular weight excluding hydrogens is 514 g/mol. The minimum absolute atomic E-state index is 0.00129. The number of benzene rings is 2. The van der Waals surface area contributed by atoms with E-state index in [0.29, 0.717) is 34.6 Å². The van der Waals surface area contributed by atoms with Gasteiger partial charge in [-0.3, -0.25) is 15.0 Å². The molecule has 11 heteroatoms. The average molecular weight is 538 g/mol. The van der Waals surface area contributed by atoms with Crippen LogP contribution in [0, 0.1) is 5.41 Å². The molecule has 3 heterocycles. The van der Waals surface area contributed by atoms with E-state index in [1.165, 1.54) is 5.01 Å². The lowest BCUT2D eigenvalue weighted by molar-refractivity contribution is -0.128. The van der Waals surface area contributed by atoms with Gasteiger partial charge in [-0.1, -0.05) is 35.9 Å². The van der Waals surface area contributed by atoms with Crippen LogP contribution in [-0.4, -0.2) is 64.1 Å². The van der Waals surface area contributed by atoms with Crippen LogP contribution in [0.2, 0.25) is 5.02 Å². The Bertz CT molecular complexity index is 1320. The Labute approximate surface area is 223 Å². The van der Waals surface area contributed by atoms with E-state index in [9.17, 15) is 9.59 Å². The molecule has 0 aliphatic carbocycles. The second-order valence-corrected chi connectivity index (χ2v) is 9.93. The number of amidine groups is 2. The van der Waals surface area contributed by atoms with Crippen molar-refractivity contribution >= 4 is 57.3 Å². The Morgan fingerprint density at radius 1 is 1.11 bits per heavy atom. The van der Waals surface area contributed by atoms with Crippen molar-refractivity contribution in [2.75, 3.05) is 26.3 Å². The Kier molecular flexibility index (Phi) is 7.57. The number of nitrogens with zero attached hydrogens (tertiary/aromatic N) is 4. The molecule has 0 aromatic heterocycles. The third-order valence-corrected chi connectivity index (χ3v) is 7.08. The van der Waals surface area contributed by atoms with Crippen molar-refractivity contribution < 1.29 is 19.1 Å². The largest absolute Gasteiger partial charge is 0.490 e. The summed E-state index contributed by atoms with van der Waals surface area (Å²) in [4.78, 5) is 31.1. The minimum Gasteiger partial charge on any atom is -0.490 e. The van der Waals surface area contributed by atoms with Gasteiger partial charge in [0.1, 0.15) is 29.8 Å². The molecule has 1 N–H and O–H groups in total. The van der Waals surface area contributed by atoms with Crippen LogP contribution in [-0.2, 0) is 9.59 Å². The second-order valence-electron chi connectivity index (χ2n) is 8.48. The molecule has 0 atom stereocenters. The maximum absolute atomic E-state index is 12.7. The van der Waals surface area contributed by atoms with Crippen LogP contribution in [0.15, 0.2) is 64.2 Å². The number of likely N-dealkylation sites (tertiary alicyclic amines) is 1. The number of rotatable bonds is 8. The SMILES string of the molecule is N=C1/C(=C/c2ccc(OCCOc3ccccc3)c(Cl)c2)C(=O)N=C2SC(CC(=O)N3CCCC3)=NN12. The third-order valence-electron chi connectivity index (χ3n) is 5.88. The highest BCUT2D eigenvalue weighted by Crippen LogP contribution is 2.31. The summed E-state index contributed by atoms with van der Waals surface area (Å²) in [6, 6.07) is 14.6. The number of para-hydroxylation sites is 1. The van der Waals surface area contributed by atoms with E-state index >= 15 is 0 Å². The summed E-state index contributed by atoms with van der Waals surface area (Å²) in [6.07, 6.45) is 3.70. The van der Waals surface area contributed by atoms with Crippen LogP contribution in [0.25, 0.3) is 6.08 Å². The molecule has 1 fully saturated rings. The smallest absolute Gasteiger partial charge is 0.283 e. The molecule has 3 aliphatic heterocycles. The minimum atomic E-state index is -0.541. The van der Waals surface area contributed by atoms with Crippen molar-refractivity contribution in [1.29, 1.82) is 5.41 Å². The summed E-state index contributed by atoms with van der Waals surface area (Å²) >= 11 is 7.55. The second kappa shape index (κ2) is 11.2. The number of hydrogen-bond donors (Lipinski definition) is 1. The van der Waals surface area contributed by atoms with Crippen molar-refractivity contribution in [3.8, 4) is 11.5 Å². The highest BCUT2D eigenvalue weighted by molar-refractivity contribution is 8.27. The molecule has 0 unspecified atom stereocenters. The van der Waals surface area contributed by atoms with Crippen LogP contribution in [0.4, 0.5) is 0 Å². The summed E-state index contributed by atoms with van der Waals surface area (Å²) in [5.41, 5.74) is 0.700. The number of amides is 2. The van der Waals surface area contributed by atoms with Crippen LogP contribution in [0.1, 0.15) is 24.8 Å². The van der Waals surface area contributed by atoms with Gasteiger partial charge in [-0.2, -0.15) is 15.1 Å². The maximum atomic E-state index is 12.7. The topological polar surface area (TPSA) is 108 Å². The lowest BCUT2D eigenvalue weighted by Gasteiger charge is -2.20. The van der Waals surface area contributed by atoms with Gasteiger partial charge < -0.3 is 14.4 Å². The summed E-state index contributed by atoms with van der Waals surface area (Å²) in [5, 5.41) is 15.4. The number of hydrazone groups is 1. The van der Waals surface area contributed by atoms with Gasteiger partial charge in [-0.05, 0) is 60.5 Å². The molecule has 3 aliphatic rings. The predicted molar refractivity (Wildman–Crippen MR) is 144 cm³/mol. The number of nitrogens with one attached hydrogen (secondary N) is 1. The fraction of sp³-hybridized carbons (Fsp3) is 0.269. The molecule has 2 aromatic rings. The lowest BCUT2D eigenvalue weighted by atomic mass is 10.1. The van der Waals surface area contributed by atoms with Crippen LogP contribution < -0.4 is 9.47 Å². The van der Waals surface area contributed by atoms with E-state index < -0.39 is 5.91 Å². The quantitative estimate of drug-likeness (QED) is 0.394. The Balaban J connectivity index is 1.22. The van der Waals surface area contributed by atoms with Crippen molar-refractivity contribution in [3.63, 3.8) is 0 Å². The highest BCUT2D eigenvalue weighted by Gasteiger charge is 2.36. The van der Waals surface area contributed by atoms with E-state index in [4.69, 9.17) is 26.5 Å². The fourth-order valence-electron chi connectivity index (χ4n) is 4.03. The zero-order chi connectivity index (χ0) is 25.8. The first-order chi connectivity index (χ1) is 18.0. The molecule has 5 rings (SSSR count). The number of hydrogen-bond acceptors (Lipinski definition) is 7. The van der Waals surface area contributed by atoms with Crippen LogP contribution >= 0.6 is 23.4 Å². The highest BCUT2D eigenvalue weighted by atomic mass is 35.5. The van der Waals surface area contributed by atoms with Gasteiger partial charge in [0.05, 0.1) is 17.0 Å². The van der Waals surface area contributed by atoms with Gasteiger partial charge in [0, 0.05) is 13.1 Å². The van der Waals surface area contributed by atoms with E-state index in [-0.39, 0.29) is 28.9 Å². The standard InChI is InChI=1S/C26H24ClN5O4S/c27-20-15-17(8-9-21(20)36-13-12-35-18-6-2-1-3-7-18)14-19-24(28)32-26(29-25(19)34)37-22(30-32)16-23(33)31-10-4-5-11-31/h1-3,6-9,14-15,28H,4-5,10-13,16H2/b19-14-,28-24?. The molecule has 2 aromatic carbocycles. The third kappa shape index (κ3) is 5.86. The number of halogens is 1. The summed E-state index contributed by atoms with van der Waals surface area (Å²) in [7, 11) is 0. The number of ether oxygens (including phenoxy) is 2. The van der Waals surface area contributed by atoms with Gasteiger partial charge in [-0.15, -0.1) is 0 Å². The van der Waals surface area contributed by atoms with Crippen molar-refractivity contribution in [1.82, 2.24) is 9.91 Å². The average Bonchev–Trinajstić information content (AvgIpc) is 3.57. The molecule has 37 heavy (non-hydrogen) atoms. The fourth-order valence-corrected chi connectivity index (χ4v) is 5.15. The monoisotopic (exact) mass is 537 g/mol. The number of aliphatic imine (C=N–C) groups is 1. The first-order valence-corrected chi connectivity index (χ1v) is 13.0. The van der Waals surface area contributed by atoms with Crippen LogP contribution in [0.5, 0.6) is 11.5 Å². The lowest BCUT2D eigenvalue weighted by Crippen LogP contribution is -2.35. The Morgan fingerprint density at radius 3 is 2.62 bits per heavy atom. The maximum Gasteiger partial charge on any atom is 0.283 e. The molecule has 190 valence electrons. The number of carbonyl (C=O) groups is 2. The van der Waals surface area contributed by atoms with Gasteiger partial charge >= 0.3 is 0 Å². The first kappa shape index (κ1) is 25.0. The molecular formula is C26H24ClN5O4S. The Morgan fingerprint density at radius 2 is 1.86 bits per heavy atom. The summed E-state index contributed by atoms with van der Waals surface area (Å²) in [6.45, 7) is 2.19. The van der Waals surface area contributed by atoms with E-state index in [2.05, 4.69) is 10.1 Å². The summed E-state index contributed by atoms with van der Waals surface area (Å²) < 4.78 is 11.3. The van der Waals surface area contributed by atoms with E-state index in [1.54, 1.807) is 24.3 Å². The van der Waals surface area contributed by atoms with Crippen molar-refractivity contribution in [3.05, 3.63) is 64.7 Å².